The van der Waals surface area contributed by atoms with E-state index in [1.54, 1.807) is 0 Å². The zero-order chi connectivity index (χ0) is 14.8. The van der Waals surface area contributed by atoms with Crippen LogP contribution in [-0.4, -0.2) is 22.5 Å². The molecule has 2 nitrogen and oxygen atoms in total. The third-order valence-electron chi connectivity index (χ3n) is 3.29. The highest BCUT2D eigenvalue weighted by Crippen LogP contribution is 2.29. The lowest BCUT2D eigenvalue weighted by Crippen LogP contribution is -2.21. The first-order valence-corrected chi connectivity index (χ1v) is 8.06. The molecule has 1 aromatic carbocycles. The van der Waals surface area contributed by atoms with Crippen molar-refractivity contribution in [3.05, 3.63) is 41.6 Å². The van der Waals surface area contributed by atoms with Crippen LogP contribution in [0, 0.1) is 6.92 Å². The first-order valence-electron chi connectivity index (χ1n) is 7.07. The molecule has 3 heteroatoms. The number of hydrogen-bond donors (Lipinski definition) is 1. The quantitative estimate of drug-likeness (QED) is 0.906. The van der Waals surface area contributed by atoms with Crippen LogP contribution in [0.15, 0.2) is 30.3 Å². The van der Waals surface area contributed by atoms with Gasteiger partial charge in [-0.3, -0.25) is 4.98 Å². The Balaban J connectivity index is 2.23. The topological polar surface area (TPSA) is 24.9 Å². The van der Waals surface area contributed by atoms with E-state index in [2.05, 4.69) is 61.4 Å². The van der Waals surface area contributed by atoms with E-state index < -0.39 is 0 Å². The Kier molecular flexibility index (Phi) is 4.71. The summed E-state index contributed by atoms with van der Waals surface area (Å²) in [6.07, 6.45) is 0. The fourth-order valence-electron chi connectivity index (χ4n) is 2.14. The van der Waals surface area contributed by atoms with Crippen LogP contribution < -0.4 is 5.32 Å². The molecule has 0 saturated heterocycles. The van der Waals surface area contributed by atoms with Crippen molar-refractivity contribution in [1.29, 1.82) is 0 Å². The summed E-state index contributed by atoms with van der Waals surface area (Å²) in [6, 6.07) is 11.2. The van der Waals surface area contributed by atoms with Gasteiger partial charge >= 0.3 is 0 Å². The zero-order valence-corrected chi connectivity index (χ0v) is 13.8. The Morgan fingerprint density at radius 2 is 1.95 bits per heavy atom. The van der Waals surface area contributed by atoms with E-state index in [0.29, 0.717) is 10.8 Å². The van der Waals surface area contributed by atoms with Crippen molar-refractivity contribution in [1.82, 2.24) is 10.3 Å². The standard InChI is InChI=1S/C17H24N2S/c1-12-6-7-13-10-14(8-9-15(13)19-12)16(18-5)11-20-17(2,3)4/h6-10,16,18H,11H2,1-5H3. The molecule has 1 unspecified atom stereocenters. The fourth-order valence-corrected chi connectivity index (χ4v) is 3.17. The summed E-state index contributed by atoms with van der Waals surface area (Å²) in [4.78, 5) is 4.56. The summed E-state index contributed by atoms with van der Waals surface area (Å²) in [7, 11) is 2.03. The first-order chi connectivity index (χ1) is 9.39. The largest absolute Gasteiger partial charge is 0.312 e. The van der Waals surface area contributed by atoms with Crippen LogP contribution in [0.3, 0.4) is 0 Å². The van der Waals surface area contributed by atoms with Crippen LogP contribution in [0.25, 0.3) is 10.9 Å². The highest BCUT2D eigenvalue weighted by Gasteiger charge is 2.16. The molecule has 1 aromatic heterocycles. The number of aryl methyl sites for hydroxylation is 1. The van der Waals surface area contributed by atoms with Crippen molar-refractivity contribution >= 4 is 22.7 Å². The fraction of sp³-hybridized carbons (Fsp3) is 0.471. The molecule has 0 spiro atoms. The van der Waals surface area contributed by atoms with Crippen LogP contribution in [0.1, 0.15) is 38.1 Å². The summed E-state index contributed by atoms with van der Waals surface area (Å²) < 4.78 is 0.296. The second-order valence-electron chi connectivity index (χ2n) is 6.17. The van der Waals surface area contributed by atoms with Gasteiger partial charge in [-0.1, -0.05) is 32.9 Å². The Morgan fingerprint density at radius 1 is 1.20 bits per heavy atom. The maximum Gasteiger partial charge on any atom is 0.0705 e. The van der Waals surface area contributed by atoms with Gasteiger partial charge in [-0.25, -0.2) is 0 Å². The SMILES string of the molecule is CNC(CSC(C)(C)C)c1ccc2nc(C)ccc2c1. The summed E-state index contributed by atoms with van der Waals surface area (Å²) in [6.45, 7) is 8.82. The lowest BCUT2D eigenvalue weighted by Gasteiger charge is -2.23. The number of nitrogens with one attached hydrogen (secondary N) is 1. The Labute approximate surface area is 126 Å². The van der Waals surface area contributed by atoms with Crippen LogP contribution in [0.5, 0.6) is 0 Å². The monoisotopic (exact) mass is 288 g/mol. The van der Waals surface area contributed by atoms with Gasteiger partial charge in [-0.05, 0) is 37.7 Å². The third-order valence-corrected chi connectivity index (χ3v) is 4.65. The van der Waals surface area contributed by atoms with Crippen molar-refractivity contribution in [2.75, 3.05) is 12.8 Å². The molecule has 2 aromatic rings. The van der Waals surface area contributed by atoms with Gasteiger partial charge in [0.25, 0.3) is 0 Å². The van der Waals surface area contributed by atoms with Crippen LogP contribution >= 0.6 is 11.8 Å². The van der Waals surface area contributed by atoms with Crippen LogP contribution in [-0.2, 0) is 0 Å². The molecular formula is C17H24N2S. The van der Waals surface area contributed by atoms with E-state index in [-0.39, 0.29) is 0 Å². The van der Waals surface area contributed by atoms with E-state index >= 15 is 0 Å². The summed E-state index contributed by atoms with van der Waals surface area (Å²) in [5.74, 6) is 1.07. The average molecular weight is 288 g/mol. The number of hydrogen-bond acceptors (Lipinski definition) is 3. The molecule has 0 fully saturated rings. The normalized spacial score (nSPS) is 13.7. The summed E-state index contributed by atoms with van der Waals surface area (Å²) in [5.41, 5.74) is 3.48. The minimum atomic E-state index is 0.296. The second kappa shape index (κ2) is 6.15. The van der Waals surface area contributed by atoms with E-state index in [0.717, 1.165) is 17.0 Å². The molecule has 0 bridgehead atoms. The molecular weight excluding hydrogens is 264 g/mol. The number of rotatable bonds is 4. The van der Waals surface area contributed by atoms with Gasteiger partial charge < -0.3 is 5.32 Å². The van der Waals surface area contributed by atoms with Gasteiger partial charge in [-0.2, -0.15) is 11.8 Å². The molecule has 0 aliphatic heterocycles. The third kappa shape index (κ3) is 3.97. The molecule has 0 aliphatic rings. The predicted molar refractivity (Wildman–Crippen MR) is 90.5 cm³/mol. The van der Waals surface area contributed by atoms with E-state index in [1.807, 2.05) is 25.7 Å². The van der Waals surface area contributed by atoms with Crippen LogP contribution in [0.2, 0.25) is 0 Å². The number of nitrogens with zero attached hydrogens (tertiary/aromatic N) is 1. The molecule has 1 atom stereocenters. The number of benzene rings is 1. The number of thioether (sulfide) groups is 1. The van der Waals surface area contributed by atoms with Crippen molar-refractivity contribution in [2.24, 2.45) is 0 Å². The smallest absolute Gasteiger partial charge is 0.0705 e. The number of aromatic nitrogens is 1. The van der Waals surface area contributed by atoms with Crippen molar-refractivity contribution in [3.63, 3.8) is 0 Å². The summed E-state index contributed by atoms with van der Waals surface area (Å²) in [5, 5.41) is 4.64. The molecule has 1 heterocycles. The molecule has 1 N–H and O–H groups in total. The minimum absolute atomic E-state index is 0.296. The number of pyridine rings is 1. The van der Waals surface area contributed by atoms with Crippen molar-refractivity contribution in [2.45, 2.75) is 38.5 Å². The summed E-state index contributed by atoms with van der Waals surface area (Å²) >= 11 is 1.99. The molecule has 0 radical (unpaired) electrons. The van der Waals surface area contributed by atoms with Gasteiger partial charge in [0.2, 0.25) is 0 Å². The van der Waals surface area contributed by atoms with E-state index in [4.69, 9.17) is 0 Å². The highest BCUT2D eigenvalue weighted by atomic mass is 32.2. The van der Waals surface area contributed by atoms with Gasteiger partial charge in [-0.15, -0.1) is 0 Å². The Bertz CT molecular complexity index is 587. The Morgan fingerprint density at radius 3 is 2.60 bits per heavy atom. The number of fused-ring (bicyclic) bond motifs is 1. The van der Waals surface area contributed by atoms with Gasteiger partial charge in [0.1, 0.15) is 0 Å². The lowest BCUT2D eigenvalue weighted by atomic mass is 10.1. The van der Waals surface area contributed by atoms with Gasteiger partial charge in [0.05, 0.1) is 5.52 Å². The van der Waals surface area contributed by atoms with Crippen molar-refractivity contribution < 1.29 is 0 Å². The Hall–Kier alpha value is -1.06. The maximum absolute atomic E-state index is 4.56. The van der Waals surface area contributed by atoms with E-state index in [9.17, 15) is 0 Å². The maximum atomic E-state index is 4.56. The molecule has 0 saturated carbocycles. The minimum Gasteiger partial charge on any atom is -0.312 e. The average Bonchev–Trinajstić information content (AvgIpc) is 2.38. The van der Waals surface area contributed by atoms with Gasteiger partial charge in [0.15, 0.2) is 0 Å². The highest BCUT2D eigenvalue weighted by molar-refractivity contribution is 8.00. The molecule has 2 rings (SSSR count). The second-order valence-corrected chi connectivity index (χ2v) is 8.02. The van der Waals surface area contributed by atoms with E-state index in [1.165, 1.54) is 10.9 Å². The van der Waals surface area contributed by atoms with Crippen LogP contribution in [0.4, 0.5) is 0 Å². The van der Waals surface area contributed by atoms with Crippen molar-refractivity contribution in [3.8, 4) is 0 Å². The van der Waals surface area contributed by atoms with Gasteiger partial charge in [0, 0.05) is 27.6 Å². The molecule has 0 aliphatic carbocycles. The molecule has 0 amide bonds. The molecule has 108 valence electrons. The lowest BCUT2D eigenvalue weighted by molar-refractivity contribution is 0.657. The molecule has 20 heavy (non-hydrogen) atoms. The first kappa shape index (κ1) is 15.3. The predicted octanol–water partition coefficient (Wildman–Crippen LogP) is 4.34. The zero-order valence-electron chi connectivity index (χ0n) is 13.0.